The van der Waals surface area contributed by atoms with Crippen LogP contribution < -0.4 is 4.90 Å². The van der Waals surface area contributed by atoms with Gasteiger partial charge in [0, 0.05) is 22.2 Å². The molecule has 0 aromatic heterocycles. The van der Waals surface area contributed by atoms with Gasteiger partial charge in [-0.05, 0) is 145 Å². The monoisotopic (exact) mass is 779 g/mol. The van der Waals surface area contributed by atoms with Crippen LogP contribution in [0.2, 0.25) is 0 Å². The second-order valence-corrected chi connectivity index (χ2v) is 18.8. The Morgan fingerprint density at radius 2 is 1.00 bits per heavy atom. The van der Waals surface area contributed by atoms with Gasteiger partial charge in [-0.25, -0.2) is 0 Å². The van der Waals surface area contributed by atoms with Gasteiger partial charge in [0.05, 0.1) is 11.4 Å². The minimum absolute atomic E-state index is 0.105. The lowest BCUT2D eigenvalue weighted by Crippen LogP contribution is -2.73. The van der Waals surface area contributed by atoms with E-state index in [4.69, 9.17) is 0 Å². The van der Waals surface area contributed by atoms with Crippen molar-refractivity contribution in [3.05, 3.63) is 211 Å². The predicted molar refractivity (Wildman–Crippen MR) is 254 cm³/mol. The third-order valence-corrected chi connectivity index (χ3v) is 16.5. The molecule has 5 aliphatic rings. The van der Waals surface area contributed by atoms with Crippen molar-refractivity contribution in [1.29, 1.82) is 0 Å². The lowest BCUT2D eigenvalue weighted by atomic mass is 9.27. The van der Waals surface area contributed by atoms with Crippen LogP contribution in [0.1, 0.15) is 36.8 Å². The predicted octanol–water partition coefficient (Wildman–Crippen LogP) is 15.8. The Morgan fingerprint density at radius 3 is 1.80 bits per heavy atom. The largest absolute Gasteiger partial charge is 0.309 e. The van der Waals surface area contributed by atoms with E-state index in [0.29, 0.717) is 5.41 Å². The summed E-state index contributed by atoms with van der Waals surface area (Å²) in [5.41, 5.74) is 17.8. The van der Waals surface area contributed by atoms with E-state index in [-0.39, 0.29) is 5.41 Å². The van der Waals surface area contributed by atoms with Crippen molar-refractivity contribution >= 4 is 38.6 Å². The van der Waals surface area contributed by atoms with Crippen LogP contribution in [0.4, 0.5) is 17.1 Å². The van der Waals surface area contributed by atoms with Crippen molar-refractivity contribution in [1.82, 2.24) is 0 Å². The molecule has 290 valence electrons. The van der Waals surface area contributed by atoms with Crippen molar-refractivity contribution < 1.29 is 0 Å². The molecule has 6 unspecified atom stereocenters. The second kappa shape index (κ2) is 12.4. The maximum absolute atomic E-state index is 2.66. The highest BCUT2D eigenvalue weighted by molar-refractivity contribution is 6.10. The highest BCUT2D eigenvalue weighted by atomic mass is 15.1. The summed E-state index contributed by atoms with van der Waals surface area (Å²) >= 11 is 0. The number of fused-ring (bicyclic) bond motifs is 10. The summed E-state index contributed by atoms with van der Waals surface area (Å²) in [7, 11) is 0. The molecular formula is C60H45N. The van der Waals surface area contributed by atoms with E-state index in [0.717, 1.165) is 23.7 Å². The van der Waals surface area contributed by atoms with Crippen molar-refractivity contribution in [2.24, 2.45) is 29.1 Å². The quantitative estimate of drug-likeness (QED) is 0.162. The number of hydrogen-bond acceptors (Lipinski definition) is 1. The average Bonchev–Trinajstić information content (AvgIpc) is 3.96. The fraction of sp³-hybridized carbons (Fsp3) is 0.167. The van der Waals surface area contributed by atoms with Crippen LogP contribution in [0.5, 0.6) is 0 Å². The summed E-state index contributed by atoms with van der Waals surface area (Å²) < 4.78 is 0. The fourth-order valence-electron chi connectivity index (χ4n) is 14.5. The van der Waals surface area contributed by atoms with Gasteiger partial charge in [-0.2, -0.15) is 0 Å². The first kappa shape index (κ1) is 34.1. The first-order chi connectivity index (χ1) is 30.2. The molecule has 0 N–H and O–H groups in total. The Balaban J connectivity index is 1.04. The van der Waals surface area contributed by atoms with Crippen molar-refractivity contribution in [2.75, 3.05) is 4.90 Å². The van der Waals surface area contributed by atoms with E-state index >= 15 is 0 Å². The van der Waals surface area contributed by atoms with Gasteiger partial charge in [0.1, 0.15) is 0 Å². The summed E-state index contributed by atoms with van der Waals surface area (Å²) in [6.07, 6.45) is 5.74. The number of anilines is 3. The molecule has 2 spiro atoms. The minimum Gasteiger partial charge on any atom is -0.309 e. The maximum Gasteiger partial charge on any atom is 0.0540 e. The zero-order chi connectivity index (χ0) is 39.9. The SMILES string of the molecule is c1ccc(-c2cccc3cccc(-c4ccccc4N(c4ccc5c(c4)C4(c6ccccc6-5)C5CC6CC7CC4C75C6)c4ccccc4-c4cccc5ccccc45)c23)cc1. The molecule has 0 aliphatic heterocycles. The van der Waals surface area contributed by atoms with Crippen molar-refractivity contribution in [3.8, 4) is 44.5 Å². The van der Waals surface area contributed by atoms with E-state index in [9.17, 15) is 0 Å². The van der Waals surface area contributed by atoms with Crippen LogP contribution in [0, 0.1) is 29.1 Å². The van der Waals surface area contributed by atoms with Crippen LogP contribution in [0.15, 0.2) is 200 Å². The second-order valence-electron chi connectivity index (χ2n) is 18.8. The molecule has 0 radical (unpaired) electrons. The Labute approximate surface area is 358 Å². The van der Waals surface area contributed by atoms with Gasteiger partial charge >= 0.3 is 0 Å². The van der Waals surface area contributed by atoms with E-state index in [2.05, 4.69) is 205 Å². The normalized spacial score (nSPS) is 24.6. The number of nitrogens with zero attached hydrogens (tertiary/aromatic N) is 1. The van der Waals surface area contributed by atoms with Gasteiger partial charge in [0.15, 0.2) is 0 Å². The summed E-state index contributed by atoms with van der Waals surface area (Å²) in [5, 5.41) is 5.06. The van der Waals surface area contributed by atoms with Crippen molar-refractivity contribution in [3.63, 3.8) is 0 Å². The average molecular weight is 780 g/mol. The summed E-state index contributed by atoms with van der Waals surface area (Å²) in [5.74, 6) is 3.35. The van der Waals surface area contributed by atoms with Crippen LogP contribution in [-0.4, -0.2) is 0 Å². The van der Waals surface area contributed by atoms with E-state index in [1.165, 1.54) is 109 Å². The standard InChI is InChI=1S/C60H45N/c1-2-15-40(16-3-1)45-25-13-19-41-20-14-27-51(58(41)45)50-24-8-11-30-55(50)61(54-29-10-7-23-49(54)46-26-12-18-39-17-4-5-21-44(39)46)43-31-32-48-47-22-6-9-28-52(47)60(53(48)36-43)56-34-38-33-42-35-57(60)59(42,56)37-38/h1-32,36,38,42,56-57H,33-35,37H2. The molecule has 4 fully saturated rings. The van der Waals surface area contributed by atoms with Crippen LogP contribution >= 0.6 is 0 Å². The van der Waals surface area contributed by atoms with Crippen LogP contribution in [0.3, 0.4) is 0 Å². The summed E-state index contributed by atoms with van der Waals surface area (Å²) in [4.78, 5) is 2.62. The Kier molecular flexibility index (Phi) is 6.94. The molecule has 2 bridgehead atoms. The molecule has 14 rings (SSSR count). The minimum atomic E-state index is 0.105. The number of benzene rings is 9. The lowest BCUT2D eigenvalue weighted by molar-refractivity contribution is -0.231. The Morgan fingerprint density at radius 1 is 0.410 bits per heavy atom. The molecule has 0 heterocycles. The van der Waals surface area contributed by atoms with Gasteiger partial charge < -0.3 is 4.90 Å². The molecule has 5 aliphatic carbocycles. The molecule has 6 atom stereocenters. The van der Waals surface area contributed by atoms with E-state index in [1.807, 2.05) is 0 Å². The third-order valence-electron chi connectivity index (χ3n) is 16.5. The molecule has 1 heteroatoms. The van der Waals surface area contributed by atoms with Gasteiger partial charge in [-0.15, -0.1) is 0 Å². The third kappa shape index (κ3) is 4.36. The highest BCUT2D eigenvalue weighted by Crippen LogP contribution is 2.89. The fourth-order valence-corrected chi connectivity index (χ4v) is 14.5. The van der Waals surface area contributed by atoms with Crippen LogP contribution in [0.25, 0.3) is 66.1 Å². The van der Waals surface area contributed by atoms with Gasteiger partial charge in [0.2, 0.25) is 0 Å². The van der Waals surface area contributed by atoms with Crippen LogP contribution in [-0.2, 0) is 5.41 Å². The van der Waals surface area contributed by atoms with E-state index < -0.39 is 0 Å². The van der Waals surface area contributed by atoms with Gasteiger partial charge in [-0.1, -0.05) is 176 Å². The first-order valence-corrected chi connectivity index (χ1v) is 22.5. The zero-order valence-corrected chi connectivity index (χ0v) is 34.1. The molecule has 0 amide bonds. The van der Waals surface area contributed by atoms with E-state index in [1.54, 1.807) is 11.1 Å². The summed E-state index contributed by atoms with van der Waals surface area (Å²) in [6, 6.07) is 75.6. The first-order valence-electron chi connectivity index (χ1n) is 22.5. The summed E-state index contributed by atoms with van der Waals surface area (Å²) in [6.45, 7) is 0. The van der Waals surface area contributed by atoms with Gasteiger partial charge in [-0.3, -0.25) is 0 Å². The van der Waals surface area contributed by atoms with Crippen molar-refractivity contribution in [2.45, 2.75) is 31.1 Å². The Hall–Kier alpha value is -6.70. The number of para-hydroxylation sites is 2. The molecule has 9 aromatic rings. The molecule has 1 nitrogen and oxygen atoms in total. The smallest absolute Gasteiger partial charge is 0.0540 e. The topological polar surface area (TPSA) is 3.24 Å². The number of rotatable bonds is 6. The maximum atomic E-state index is 2.66. The highest BCUT2D eigenvalue weighted by Gasteiger charge is 2.84. The molecule has 4 saturated carbocycles. The lowest BCUT2D eigenvalue weighted by Gasteiger charge is -2.76. The Bertz CT molecular complexity index is 3260. The molecular weight excluding hydrogens is 735 g/mol. The molecule has 0 saturated heterocycles. The molecule has 9 aromatic carbocycles. The zero-order valence-electron chi connectivity index (χ0n) is 34.1. The number of hydrogen-bond donors (Lipinski definition) is 0. The molecule has 61 heavy (non-hydrogen) atoms. The van der Waals surface area contributed by atoms with Gasteiger partial charge in [0.25, 0.3) is 0 Å².